The summed E-state index contributed by atoms with van der Waals surface area (Å²) >= 11 is 0. The maximum Gasteiger partial charge on any atom is 0.337 e. The van der Waals surface area contributed by atoms with Gasteiger partial charge in [-0.3, -0.25) is 0 Å². The minimum atomic E-state index is -0.443. The maximum absolute atomic E-state index is 11.4. The van der Waals surface area contributed by atoms with Gasteiger partial charge in [-0.2, -0.15) is 0 Å². The van der Waals surface area contributed by atoms with Crippen molar-refractivity contribution in [2.24, 2.45) is 0 Å². The zero-order valence-electron chi connectivity index (χ0n) is 10.7. The van der Waals surface area contributed by atoms with E-state index in [1.807, 2.05) is 25.1 Å². The normalized spacial score (nSPS) is 12.1. The van der Waals surface area contributed by atoms with E-state index in [0.29, 0.717) is 12.0 Å². The summed E-state index contributed by atoms with van der Waals surface area (Å²) in [7, 11) is 5.22. The Hall–Kier alpha value is -1.55. The highest BCUT2D eigenvalue weighted by Crippen LogP contribution is 2.22. The molecule has 0 saturated heterocycles. The van der Waals surface area contributed by atoms with Crippen LogP contribution in [-0.4, -0.2) is 38.4 Å². The molecule has 1 aromatic carbocycles. The Labute approximate surface area is 102 Å². The van der Waals surface area contributed by atoms with Crippen molar-refractivity contribution in [3.8, 4) is 0 Å². The van der Waals surface area contributed by atoms with Gasteiger partial charge in [0.15, 0.2) is 0 Å². The predicted octanol–water partition coefficient (Wildman–Crippen LogP) is 1.46. The van der Waals surface area contributed by atoms with E-state index < -0.39 is 6.10 Å². The number of benzene rings is 1. The number of carbonyl (C=O) groups excluding carboxylic acids is 1. The van der Waals surface area contributed by atoms with Crippen LogP contribution in [0.2, 0.25) is 0 Å². The van der Waals surface area contributed by atoms with Gasteiger partial charge in [0.25, 0.3) is 0 Å². The fourth-order valence-corrected chi connectivity index (χ4v) is 1.75. The summed E-state index contributed by atoms with van der Waals surface area (Å²) in [4.78, 5) is 13.4. The van der Waals surface area contributed by atoms with Gasteiger partial charge in [-0.05, 0) is 30.7 Å². The minimum absolute atomic E-state index is 0.359. The number of anilines is 1. The molecule has 94 valence electrons. The maximum atomic E-state index is 11.4. The summed E-state index contributed by atoms with van der Waals surface area (Å²) in [6.45, 7) is 1.73. The van der Waals surface area contributed by atoms with Crippen LogP contribution >= 0.6 is 0 Å². The third-order valence-electron chi connectivity index (χ3n) is 2.50. The van der Waals surface area contributed by atoms with Crippen LogP contribution < -0.4 is 4.90 Å². The number of nitrogens with zero attached hydrogens (tertiary/aromatic N) is 1. The van der Waals surface area contributed by atoms with Crippen molar-refractivity contribution < 1.29 is 14.6 Å². The number of hydrogen-bond acceptors (Lipinski definition) is 4. The molecule has 17 heavy (non-hydrogen) atoms. The zero-order chi connectivity index (χ0) is 13.0. The quantitative estimate of drug-likeness (QED) is 0.805. The summed E-state index contributed by atoms with van der Waals surface area (Å²) in [5.74, 6) is -0.359. The van der Waals surface area contributed by atoms with Crippen LogP contribution in [0.25, 0.3) is 0 Å². The van der Waals surface area contributed by atoms with E-state index in [0.717, 1.165) is 11.3 Å². The lowest BCUT2D eigenvalue weighted by Gasteiger charge is -2.19. The Morgan fingerprint density at radius 2 is 2.12 bits per heavy atom. The van der Waals surface area contributed by atoms with Gasteiger partial charge in [0, 0.05) is 26.2 Å². The monoisotopic (exact) mass is 237 g/mol. The highest BCUT2D eigenvalue weighted by Gasteiger charge is 2.12. The molecular formula is C13H19NO3. The minimum Gasteiger partial charge on any atom is -0.465 e. The summed E-state index contributed by atoms with van der Waals surface area (Å²) in [6, 6.07) is 5.37. The molecule has 0 amide bonds. The molecule has 4 heteroatoms. The first-order chi connectivity index (χ1) is 7.95. The summed E-state index contributed by atoms with van der Waals surface area (Å²) in [5, 5.41) is 9.46. The van der Waals surface area contributed by atoms with E-state index in [-0.39, 0.29) is 5.97 Å². The molecule has 0 aliphatic heterocycles. The van der Waals surface area contributed by atoms with Gasteiger partial charge in [0.2, 0.25) is 0 Å². The Bertz CT molecular complexity index is 400. The lowest BCUT2D eigenvalue weighted by Crippen LogP contribution is -2.15. The largest absolute Gasteiger partial charge is 0.465 e. The number of rotatable bonds is 4. The van der Waals surface area contributed by atoms with Crippen molar-refractivity contribution in [3.05, 3.63) is 29.3 Å². The van der Waals surface area contributed by atoms with Gasteiger partial charge >= 0.3 is 5.97 Å². The second-order valence-electron chi connectivity index (χ2n) is 4.28. The number of ether oxygens (including phenoxy) is 1. The van der Waals surface area contributed by atoms with E-state index in [9.17, 15) is 9.90 Å². The number of esters is 1. The van der Waals surface area contributed by atoms with Crippen molar-refractivity contribution in [1.82, 2.24) is 0 Å². The molecule has 0 aliphatic rings. The molecule has 0 saturated carbocycles. The summed E-state index contributed by atoms with van der Waals surface area (Å²) < 4.78 is 4.68. The van der Waals surface area contributed by atoms with Crippen LogP contribution in [0.15, 0.2) is 18.2 Å². The fourth-order valence-electron chi connectivity index (χ4n) is 1.75. The topological polar surface area (TPSA) is 49.8 Å². The standard InChI is InChI=1S/C13H19NO3/c1-9(15)7-11-8-10(13(16)17-4)5-6-12(11)14(2)3/h5-6,8-9,15H,7H2,1-4H3. The molecule has 1 unspecified atom stereocenters. The van der Waals surface area contributed by atoms with Crippen molar-refractivity contribution in [2.75, 3.05) is 26.1 Å². The smallest absolute Gasteiger partial charge is 0.337 e. The highest BCUT2D eigenvalue weighted by molar-refractivity contribution is 5.90. The van der Waals surface area contributed by atoms with E-state index >= 15 is 0 Å². The van der Waals surface area contributed by atoms with Crippen LogP contribution in [0, 0.1) is 0 Å². The average molecular weight is 237 g/mol. The van der Waals surface area contributed by atoms with Crippen molar-refractivity contribution in [1.29, 1.82) is 0 Å². The molecule has 0 spiro atoms. The van der Waals surface area contributed by atoms with Crippen molar-refractivity contribution >= 4 is 11.7 Å². The van der Waals surface area contributed by atoms with Gasteiger partial charge in [0.1, 0.15) is 0 Å². The number of methoxy groups -OCH3 is 1. The van der Waals surface area contributed by atoms with E-state index in [1.54, 1.807) is 19.1 Å². The Morgan fingerprint density at radius 1 is 1.47 bits per heavy atom. The van der Waals surface area contributed by atoms with Crippen molar-refractivity contribution in [3.63, 3.8) is 0 Å². The van der Waals surface area contributed by atoms with Crippen molar-refractivity contribution in [2.45, 2.75) is 19.4 Å². The number of hydrogen-bond donors (Lipinski definition) is 1. The second kappa shape index (κ2) is 5.68. The van der Waals surface area contributed by atoms with Gasteiger partial charge in [-0.25, -0.2) is 4.79 Å². The molecule has 4 nitrogen and oxygen atoms in total. The Balaban J connectivity index is 3.14. The summed E-state index contributed by atoms with van der Waals surface area (Å²) in [6.07, 6.45) is 0.0693. The lowest BCUT2D eigenvalue weighted by molar-refractivity contribution is 0.0600. The number of aliphatic hydroxyl groups excluding tert-OH is 1. The number of aliphatic hydroxyl groups is 1. The number of carbonyl (C=O) groups is 1. The molecule has 1 atom stereocenters. The molecule has 1 rings (SSSR count). The third-order valence-corrected chi connectivity index (χ3v) is 2.50. The average Bonchev–Trinajstić information content (AvgIpc) is 2.26. The van der Waals surface area contributed by atoms with Gasteiger partial charge in [0.05, 0.1) is 18.8 Å². The molecule has 1 aromatic rings. The van der Waals surface area contributed by atoms with E-state index in [4.69, 9.17) is 0 Å². The zero-order valence-corrected chi connectivity index (χ0v) is 10.7. The molecular weight excluding hydrogens is 218 g/mol. The van der Waals surface area contributed by atoms with Crippen LogP contribution in [0.3, 0.4) is 0 Å². The molecule has 0 aromatic heterocycles. The first kappa shape index (κ1) is 13.5. The first-order valence-corrected chi connectivity index (χ1v) is 5.52. The molecule has 0 aliphatic carbocycles. The van der Waals surface area contributed by atoms with Gasteiger partial charge in [-0.1, -0.05) is 0 Å². The van der Waals surface area contributed by atoms with Crippen LogP contribution in [0.1, 0.15) is 22.8 Å². The Kier molecular flexibility index (Phi) is 4.52. The molecule has 0 radical (unpaired) electrons. The highest BCUT2D eigenvalue weighted by atomic mass is 16.5. The molecule has 1 N–H and O–H groups in total. The molecule has 0 fully saturated rings. The molecule has 0 heterocycles. The molecule has 0 bridgehead atoms. The van der Waals surface area contributed by atoms with Crippen LogP contribution in [0.4, 0.5) is 5.69 Å². The van der Waals surface area contributed by atoms with Gasteiger partial charge < -0.3 is 14.7 Å². The third kappa shape index (κ3) is 3.46. The van der Waals surface area contributed by atoms with Crippen LogP contribution in [-0.2, 0) is 11.2 Å². The van der Waals surface area contributed by atoms with E-state index in [2.05, 4.69) is 4.74 Å². The first-order valence-electron chi connectivity index (χ1n) is 5.52. The van der Waals surface area contributed by atoms with Gasteiger partial charge in [-0.15, -0.1) is 0 Å². The predicted molar refractivity (Wildman–Crippen MR) is 67.5 cm³/mol. The van der Waals surface area contributed by atoms with Crippen LogP contribution in [0.5, 0.6) is 0 Å². The van der Waals surface area contributed by atoms with E-state index in [1.165, 1.54) is 7.11 Å². The summed E-state index contributed by atoms with van der Waals surface area (Å²) in [5.41, 5.74) is 2.44. The SMILES string of the molecule is COC(=O)c1ccc(N(C)C)c(CC(C)O)c1. The Morgan fingerprint density at radius 3 is 2.59 bits per heavy atom. The second-order valence-corrected chi connectivity index (χ2v) is 4.28. The lowest BCUT2D eigenvalue weighted by atomic mass is 10.0. The fraction of sp³-hybridized carbons (Fsp3) is 0.462.